The predicted octanol–water partition coefficient (Wildman–Crippen LogP) is 7.23. The van der Waals surface area contributed by atoms with Gasteiger partial charge < -0.3 is 21.0 Å². The first kappa shape index (κ1) is 28.7. The molecular weight excluding hydrogens is 599 g/mol. The maximum absolute atomic E-state index is 7.25. The third-order valence-corrected chi connectivity index (χ3v) is 4.60. The molecule has 4 aromatic rings. The Morgan fingerprint density at radius 2 is 0.781 bits per heavy atom. The standard InChI is InChI=1S/C18H16O3P.C5H5.2NO.W/c1-4-10-16(11-5-1)19-22(20-17-12-6-2-7-13-17)21-18-14-8-3-9-15-18;1-2-4-5-3-1;2*1-2;/h1-15,22H;1-5H;;;/q+1;3*-1;. The maximum atomic E-state index is 7.25. The Morgan fingerprint density at radius 3 is 1.00 bits per heavy atom. The molecule has 9 heteroatoms. The van der Waals surface area contributed by atoms with E-state index in [1.807, 2.05) is 121 Å². The minimum absolute atomic E-state index is 0. The maximum Gasteiger partial charge on any atom is 0.528 e. The molecule has 4 rings (SSSR count). The van der Waals surface area contributed by atoms with Crippen molar-refractivity contribution in [2.75, 3.05) is 0 Å². The summed E-state index contributed by atoms with van der Waals surface area (Å²) in [4.78, 5) is 14.5. The van der Waals surface area contributed by atoms with Crippen LogP contribution in [-0.4, -0.2) is 0 Å². The Balaban J connectivity index is 0.000000822. The van der Waals surface area contributed by atoms with Gasteiger partial charge in [0.15, 0.2) is 17.2 Å². The van der Waals surface area contributed by atoms with Crippen molar-refractivity contribution in [2.45, 2.75) is 0 Å². The Labute approximate surface area is 202 Å². The number of nitroso groups, excluding NO2 is 2. The minimum atomic E-state index is -2.00. The molecule has 0 fully saturated rings. The van der Waals surface area contributed by atoms with Crippen LogP contribution in [0.15, 0.2) is 121 Å². The molecule has 0 aliphatic carbocycles. The molecule has 0 aliphatic heterocycles. The number of para-hydroxylation sites is 3. The number of benzene rings is 3. The van der Waals surface area contributed by atoms with E-state index in [9.17, 15) is 0 Å². The van der Waals surface area contributed by atoms with Gasteiger partial charge in [0.25, 0.3) is 0 Å². The summed E-state index contributed by atoms with van der Waals surface area (Å²) in [5, 5.41) is 0. The van der Waals surface area contributed by atoms with Crippen molar-refractivity contribution in [1.29, 1.82) is 0 Å². The van der Waals surface area contributed by atoms with Gasteiger partial charge >= 0.3 is 8.60 Å². The molecular formula is C23H21N2O5PW-2. The molecule has 0 N–H and O–H groups in total. The molecule has 0 saturated heterocycles. The van der Waals surface area contributed by atoms with Crippen LogP contribution >= 0.6 is 8.60 Å². The Kier molecular flexibility index (Phi) is 17.7. The fourth-order valence-electron chi connectivity index (χ4n) is 2.14. The Bertz CT molecular complexity index is 786. The van der Waals surface area contributed by atoms with E-state index in [1.54, 1.807) is 0 Å². The van der Waals surface area contributed by atoms with Gasteiger partial charge in [-0.1, -0.05) is 54.6 Å². The molecule has 0 spiro atoms. The zero-order chi connectivity index (χ0) is 22.6. The average molecular weight is 620 g/mol. The van der Waals surface area contributed by atoms with Crippen molar-refractivity contribution < 1.29 is 34.6 Å². The molecule has 166 valence electrons. The summed E-state index contributed by atoms with van der Waals surface area (Å²) in [6.07, 6.45) is 0. The molecule has 0 unspecified atom stereocenters. The molecule has 0 saturated carbocycles. The van der Waals surface area contributed by atoms with E-state index in [-0.39, 0.29) is 21.1 Å². The molecule has 32 heavy (non-hydrogen) atoms. The van der Waals surface area contributed by atoms with Crippen molar-refractivity contribution >= 4 is 8.60 Å². The number of hydrogen-bond donors (Lipinski definition) is 0. The van der Waals surface area contributed by atoms with Crippen LogP contribution in [-0.2, 0) is 21.1 Å². The summed E-state index contributed by atoms with van der Waals surface area (Å²) >= 11 is 0. The third kappa shape index (κ3) is 12.4. The van der Waals surface area contributed by atoms with Gasteiger partial charge in [0.05, 0.1) is 0 Å². The Hall–Kier alpha value is -3.27. The van der Waals surface area contributed by atoms with Gasteiger partial charge in [0.2, 0.25) is 0 Å². The Morgan fingerprint density at radius 1 is 0.500 bits per heavy atom. The first-order valence-corrected chi connectivity index (χ1v) is 10.2. The summed E-state index contributed by atoms with van der Waals surface area (Å²) in [6.45, 7) is 0. The van der Waals surface area contributed by atoms with Gasteiger partial charge in [-0.15, -0.1) is 0 Å². The van der Waals surface area contributed by atoms with Gasteiger partial charge in [0.1, 0.15) is 0 Å². The summed E-state index contributed by atoms with van der Waals surface area (Å²) in [5.74, 6) is 2.18. The van der Waals surface area contributed by atoms with Crippen LogP contribution in [0.4, 0.5) is 0 Å². The van der Waals surface area contributed by atoms with Gasteiger partial charge in [0, 0.05) is 21.1 Å². The second-order valence-electron chi connectivity index (χ2n) is 5.46. The fraction of sp³-hybridized carbons (Fsp3) is 0. The molecule has 0 aromatic heterocycles. The summed E-state index contributed by atoms with van der Waals surface area (Å²) in [6, 6.07) is 38.6. The van der Waals surface area contributed by atoms with E-state index >= 15 is 0 Å². The second kappa shape index (κ2) is 19.7. The molecule has 0 amide bonds. The quantitative estimate of drug-likeness (QED) is 0.167. The molecule has 0 atom stereocenters. The van der Waals surface area contributed by atoms with E-state index in [0.29, 0.717) is 0 Å². The SMILES string of the molecule is [N-]=O.[N-]=O.[W].c1cc[cH-]c1.c1ccc(O[PH+](Oc2ccccc2)Oc2ccccc2)cc1. The molecule has 0 radical (unpaired) electrons. The monoisotopic (exact) mass is 620 g/mol. The van der Waals surface area contributed by atoms with Crippen LogP contribution in [0.25, 0.3) is 11.2 Å². The average Bonchev–Trinajstić information content (AvgIpc) is 3.44. The van der Waals surface area contributed by atoms with Crippen LogP contribution in [0.5, 0.6) is 17.2 Å². The molecule has 0 heterocycles. The number of hydrogen-bond acceptors (Lipinski definition) is 5. The molecule has 0 bridgehead atoms. The van der Waals surface area contributed by atoms with E-state index < -0.39 is 8.60 Å². The van der Waals surface area contributed by atoms with Crippen molar-refractivity contribution in [2.24, 2.45) is 0 Å². The predicted molar refractivity (Wildman–Crippen MR) is 125 cm³/mol. The van der Waals surface area contributed by atoms with Crippen molar-refractivity contribution in [3.05, 3.63) is 142 Å². The first-order chi connectivity index (χ1) is 15.4. The summed E-state index contributed by atoms with van der Waals surface area (Å²) in [7, 11) is -2.00. The first-order valence-electron chi connectivity index (χ1n) is 8.99. The van der Waals surface area contributed by atoms with Crippen LogP contribution in [0, 0.1) is 9.81 Å². The summed E-state index contributed by atoms with van der Waals surface area (Å²) < 4.78 is 17.6. The largest absolute Gasteiger partial charge is 0.577 e. The van der Waals surface area contributed by atoms with Crippen molar-refractivity contribution in [1.82, 2.24) is 0 Å². The van der Waals surface area contributed by atoms with Crippen molar-refractivity contribution in [3.8, 4) is 17.2 Å². The minimum Gasteiger partial charge on any atom is -0.577 e. The van der Waals surface area contributed by atoms with E-state index in [0.717, 1.165) is 17.2 Å². The van der Waals surface area contributed by atoms with Crippen LogP contribution in [0.1, 0.15) is 0 Å². The van der Waals surface area contributed by atoms with Gasteiger partial charge in [-0.25, -0.2) is 12.1 Å². The topological polar surface area (TPSA) is 106 Å². The number of rotatable bonds is 6. The van der Waals surface area contributed by atoms with Crippen molar-refractivity contribution in [3.63, 3.8) is 0 Å². The van der Waals surface area contributed by atoms with Gasteiger partial charge in [-0.05, 0) is 36.4 Å². The molecule has 4 aromatic carbocycles. The van der Waals surface area contributed by atoms with Crippen LogP contribution in [0.2, 0.25) is 0 Å². The van der Waals surface area contributed by atoms with E-state index in [2.05, 4.69) is 0 Å². The second-order valence-corrected chi connectivity index (χ2v) is 6.57. The fourth-order valence-corrected chi connectivity index (χ4v) is 3.25. The third-order valence-electron chi connectivity index (χ3n) is 3.39. The van der Waals surface area contributed by atoms with Crippen LogP contribution in [0.3, 0.4) is 0 Å². The number of nitrogens with zero attached hydrogens (tertiary/aromatic N) is 2. The van der Waals surface area contributed by atoms with Gasteiger partial charge in [-0.3, -0.25) is 13.6 Å². The normalized spacial score (nSPS) is 8.53. The van der Waals surface area contributed by atoms with Gasteiger partial charge in [-0.2, -0.15) is 18.2 Å². The van der Waals surface area contributed by atoms with E-state index in [4.69, 9.17) is 34.6 Å². The van der Waals surface area contributed by atoms with E-state index in [1.165, 1.54) is 0 Å². The molecule has 7 nitrogen and oxygen atoms in total. The van der Waals surface area contributed by atoms with Crippen LogP contribution < -0.4 is 13.6 Å². The summed E-state index contributed by atoms with van der Waals surface area (Å²) in [5.41, 5.74) is 11.5. The zero-order valence-electron chi connectivity index (χ0n) is 16.9. The zero-order valence-corrected chi connectivity index (χ0v) is 20.8. The molecule has 0 aliphatic rings. The smallest absolute Gasteiger partial charge is 0.528 e.